The Morgan fingerprint density at radius 1 is 1.29 bits per heavy atom. The Morgan fingerprint density at radius 3 is 2.90 bits per heavy atom. The monoisotopic (exact) mass is 281 g/mol. The Hall–Kier alpha value is -2.20. The van der Waals surface area contributed by atoms with Crippen LogP contribution in [-0.2, 0) is 17.8 Å². The smallest absolute Gasteiger partial charge is 0.244 e. The van der Waals surface area contributed by atoms with Crippen LogP contribution in [0.15, 0.2) is 48.7 Å². The minimum atomic E-state index is -0.247. The van der Waals surface area contributed by atoms with Gasteiger partial charge in [-0.05, 0) is 29.7 Å². The van der Waals surface area contributed by atoms with Crippen LogP contribution in [0, 0.1) is 0 Å². The van der Waals surface area contributed by atoms with E-state index in [1.54, 1.807) is 11.1 Å². The second-order valence-corrected chi connectivity index (χ2v) is 5.35. The highest BCUT2D eigenvalue weighted by molar-refractivity contribution is 5.83. The maximum Gasteiger partial charge on any atom is 0.244 e. The van der Waals surface area contributed by atoms with Crippen molar-refractivity contribution in [3.63, 3.8) is 0 Å². The summed E-state index contributed by atoms with van der Waals surface area (Å²) in [7, 11) is 1.83. The number of nitrogens with zero attached hydrogens (tertiary/aromatic N) is 2. The number of fused-ring (bicyclic) bond motifs is 1. The van der Waals surface area contributed by atoms with Gasteiger partial charge in [-0.2, -0.15) is 0 Å². The van der Waals surface area contributed by atoms with Gasteiger partial charge in [-0.1, -0.05) is 30.3 Å². The van der Waals surface area contributed by atoms with Crippen LogP contribution in [0.3, 0.4) is 0 Å². The van der Waals surface area contributed by atoms with E-state index in [1.165, 1.54) is 5.56 Å². The molecule has 1 amide bonds. The van der Waals surface area contributed by atoms with Gasteiger partial charge in [-0.25, -0.2) is 0 Å². The number of carbonyl (C=O) groups excluding carboxylic acids is 1. The number of hydrogen-bond acceptors (Lipinski definition) is 3. The van der Waals surface area contributed by atoms with Gasteiger partial charge in [0, 0.05) is 19.8 Å². The topological polar surface area (TPSA) is 45.2 Å². The molecule has 1 unspecified atom stereocenters. The minimum Gasteiger partial charge on any atom is -0.338 e. The summed E-state index contributed by atoms with van der Waals surface area (Å²) in [4.78, 5) is 18.7. The van der Waals surface area contributed by atoms with E-state index >= 15 is 0 Å². The molecule has 2 heterocycles. The maximum absolute atomic E-state index is 12.7. The molecule has 0 saturated heterocycles. The summed E-state index contributed by atoms with van der Waals surface area (Å²) >= 11 is 0. The van der Waals surface area contributed by atoms with Gasteiger partial charge in [0.05, 0.1) is 12.2 Å². The highest BCUT2D eigenvalue weighted by atomic mass is 16.2. The molecular formula is C17H19N3O. The van der Waals surface area contributed by atoms with Crippen molar-refractivity contribution in [1.29, 1.82) is 0 Å². The Labute approximate surface area is 124 Å². The molecule has 0 saturated carbocycles. The van der Waals surface area contributed by atoms with Gasteiger partial charge < -0.3 is 10.2 Å². The highest BCUT2D eigenvalue weighted by Crippen LogP contribution is 2.24. The Bertz CT molecular complexity index is 627. The second kappa shape index (κ2) is 6.06. The number of rotatable bonds is 3. The summed E-state index contributed by atoms with van der Waals surface area (Å²) in [5.41, 5.74) is 3.26. The van der Waals surface area contributed by atoms with Crippen LogP contribution in [0.25, 0.3) is 0 Å². The second-order valence-electron chi connectivity index (χ2n) is 5.35. The molecule has 1 aromatic carbocycles. The van der Waals surface area contributed by atoms with Gasteiger partial charge >= 0.3 is 0 Å². The lowest BCUT2D eigenvalue weighted by molar-refractivity contribution is -0.133. The third-order valence-electron chi connectivity index (χ3n) is 3.86. The first kappa shape index (κ1) is 13.8. The molecule has 108 valence electrons. The molecule has 4 nitrogen and oxygen atoms in total. The van der Waals surface area contributed by atoms with Crippen LogP contribution >= 0.6 is 0 Å². The minimum absolute atomic E-state index is 0.0906. The third-order valence-corrected chi connectivity index (χ3v) is 3.86. The molecule has 0 aliphatic carbocycles. The van der Waals surface area contributed by atoms with E-state index in [0.29, 0.717) is 6.54 Å². The molecule has 0 radical (unpaired) electrons. The molecular weight excluding hydrogens is 262 g/mol. The molecule has 1 N–H and O–H groups in total. The number of nitrogens with one attached hydrogen (secondary N) is 1. The average molecular weight is 281 g/mol. The lowest BCUT2D eigenvalue weighted by Gasteiger charge is -2.29. The van der Waals surface area contributed by atoms with Crippen molar-refractivity contribution < 1.29 is 4.79 Å². The van der Waals surface area contributed by atoms with Crippen molar-refractivity contribution in [3.8, 4) is 0 Å². The zero-order valence-corrected chi connectivity index (χ0v) is 12.1. The zero-order valence-electron chi connectivity index (χ0n) is 12.1. The van der Waals surface area contributed by atoms with Gasteiger partial charge in [0.25, 0.3) is 0 Å². The highest BCUT2D eigenvalue weighted by Gasteiger charge is 2.28. The van der Waals surface area contributed by atoms with E-state index in [4.69, 9.17) is 0 Å². The van der Waals surface area contributed by atoms with Crippen LogP contribution < -0.4 is 5.32 Å². The van der Waals surface area contributed by atoms with E-state index in [2.05, 4.69) is 16.4 Å². The number of carbonyl (C=O) groups is 1. The Kier molecular flexibility index (Phi) is 3.97. The molecule has 1 aliphatic heterocycles. The third kappa shape index (κ3) is 2.95. The van der Waals surface area contributed by atoms with Crippen molar-refractivity contribution in [2.75, 3.05) is 13.6 Å². The van der Waals surface area contributed by atoms with Crippen LogP contribution in [0.4, 0.5) is 0 Å². The fraction of sp³-hybridized carbons (Fsp3) is 0.294. The summed E-state index contributed by atoms with van der Waals surface area (Å²) < 4.78 is 0. The first-order valence-corrected chi connectivity index (χ1v) is 7.22. The summed E-state index contributed by atoms with van der Waals surface area (Å²) in [6.45, 7) is 1.37. The molecule has 1 aromatic heterocycles. The molecule has 3 rings (SSSR count). The van der Waals surface area contributed by atoms with Gasteiger partial charge in [0.1, 0.15) is 6.04 Å². The van der Waals surface area contributed by atoms with Crippen molar-refractivity contribution in [2.24, 2.45) is 0 Å². The van der Waals surface area contributed by atoms with Crippen LogP contribution in [0.5, 0.6) is 0 Å². The van der Waals surface area contributed by atoms with E-state index in [0.717, 1.165) is 24.2 Å². The first-order valence-electron chi connectivity index (χ1n) is 7.22. The lowest BCUT2D eigenvalue weighted by Crippen LogP contribution is -2.42. The van der Waals surface area contributed by atoms with E-state index in [-0.39, 0.29) is 11.9 Å². The average Bonchev–Trinajstić information content (AvgIpc) is 2.54. The normalized spacial score (nSPS) is 17.1. The number of hydrogen-bond donors (Lipinski definition) is 1. The van der Waals surface area contributed by atoms with Crippen molar-refractivity contribution in [1.82, 2.24) is 15.2 Å². The number of pyridine rings is 1. The lowest BCUT2D eigenvalue weighted by atomic mass is 9.93. The van der Waals surface area contributed by atoms with E-state index < -0.39 is 0 Å². The standard InChI is InChI=1S/C17H19N3O/c1-20(12-14-7-4-5-10-18-14)17(21)16-15-8-3-2-6-13(15)9-11-19-16/h2-8,10,16,19H,9,11-12H2,1H3. The van der Waals surface area contributed by atoms with E-state index in [1.807, 2.05) is 43.4 Å². The van der Waals surface area contributed by atoms with Gasteiger partial charge in [0.2, 0.25) is 5.91 Å². The van der Waals surface area contributed by atoms with Gasteiger partial charge in [0.15, 0.2) is 0 Å². The number of benzene rings is 1. The summed E-state index contributed by atoms with van der Waals surface area (Å²) in [5.74, 6) is 0.0906. The van der Waals surface area contributed by atoms with Crippen LogP contribution in [-0.4, -0.2) is 29.4 Å². The maximum atomic E-state index is 12.7. The number of likely N-dealkylation sites (N-methyl/N-ethyl adjacent to an activating group) is 1. The molecule has 4 heteroatoms. The molecule has 0 bridgehead atoms. The molecule has 2 aromatic rings. The molecule has 21 heavy (non-hydrogen) atoms. The molecule has 0 spiro atoms. The van der Waals surface area contributed by atoms with Crippen molar-refractivity contribution >= 4 is 5.91 Å². The summed E-state index contributed by atoms with van der Waals surface area (Å²) in [6.07, 6.45) is 2.73. The molecule has 1 aliphatic rings. The van der Waals surface area contributed by atoms with E-state index in [9.17, 15) is 4.79 Å². The predicted octanol–water partition coefficient (Wildman–Crippen LogP) is 1.93. The fourth-order valence-corrected chi connectivity index (χ4v) is 2.76. The largest absolute Gasteiger partial charge is 0.338 e. The zero-order chi connectivity index (χ0) is 14.7. The van der Waals surface area contributed by atoms with Crippen LogP contribution in [0.1, 0.15) is 22.9 Å². The summed E-state index contributed by atoms with van der Waals surface area (Å²) in [5, 5.41) is 3.33. The Morgan fingerprint density at radius 2 is 2.10 bits per heavy atom. The number of aromatic nitrogens is 1. The fourth-order valence-electron chi connectivity index (χ4n) is 2.76. The van der Waals surface area contributed by atoms with Crippen molar-refractivity contribution in [3.05, 3.63) is 65.5 Å². The summed E-state index contributed by atoms with van der Waals surface area (Å²) in [6, 6.07) is 13.7. The Balaban J connectivity index is 1.77. The van der Waals surface area contributed by atoms with Crippen molar-refractivity contribution in [2.45, 2.75) is 19.0 Å². The number of amides is 1. The van der Waals surface area contributed by atoms with Gasteiger partial charge in [-0.3, -0.25) is 9.78 Å². The quantitative estimate of drug-likeness (QED) is 0.935. The SMILES string of the molecule is CN(Cc1ccccn1)C(=O)C1NCCc2ccccc21. The van der Waals surface area contributed by atoms with Crippen LogP contribution in [0.2, 0.25) is 0 Å². The van der Waals surface area contributed by atoms with Gasteiger partial charge in [-0.15, -0.1) is 0 Å². The predicted molar refractivity (Wildman–Crippen MR) is 81.6 cm³/mol. The molecule has 1 atom stereocenters. The first-order chi connectivity index (χ1) is 10.3. The molecule has 0 fully saturated rings.